The molecule has 222 valence electrons. The normalized spacial score (nSPS) is 17.2. The molecule has 41 heavy (non-hydrogen) atoms. The van der Waals surface area contributed by atoms with E-state index in [0.29, 0.717) is 23.2 Å². The van der Waals surface area contributed by atoms with Crippen LogP contribution in [0.25, 0.3) is 11.1 Å². The van der Waals surface area contributed by atoms with Crippen molar-refractivity contribution in [2.24, 2.45) is 17.6 Å². The van der Waals surface area contributed by atoms with Crippen LogP contribution in [0.1, 0.15) is 62.4 Å². The van der Waals surface area contributed by atoms with Crippen LogP contribution in [0.5, 0.6) is 5.75 Å². The molecule has 0 fully saturated rings. The quantitative estimate of drug-likeness (QED) is 0.220. The summed E-state index contributed by atoms with van der Waals surface area (Å²) in [6.45, 7) is 3.90. The number of benzene rings is 2. The molecule has 0 bridgehead atoms. The average molecular weight is 571 g/mol. The summed E-state index contributed by atoms with van der Waals surface area (Å²) in [7, 11) is 0. The number of nitrogens with one attached hydrogen (secondary N) is 1. The molecule has 0 aromatic heterocycles. The molecule has 2 aromatic rings. The van der Waals surface area contributed by atoms with Crippen molar-refractivity contribution in [2.75, 3.05) is 18.5 Å². The molecular weight excluding hydrogens is 532 g/mol. The van der Waals surface area contributed by atoms with Gasteiger partial charge < -0.3 is 30.9 Å². The molecule has 11 nitrogen and oxygen atoms in total. The van der Waals surface area contributed by atoms with Crippen molar-refractivity contribution >= 4 is 29.3 Å². The highest BCUT2D eigenvalue weighted by atomic mass is 16.6. The van der Waals surface area contributed by atoms with Gasteiger partial charge in [-0.2, -0.15) is 0 Å². The van der Waals surface area contributed by atoms with E-state index in [1.807, 2.05) is 0 Å². The Morgan fingerprint density at radius 3 is 2.29 bits per heavy atom. The van der Waals surface area contributed by atoms with Gasteiger partial charge in [0.25, 0.3) is 0 Å². The van der Waals surface area contributed by atoms with Crippen molar-refractivity contribution in [1.29, 1.82) is 0 Å². The van der Waals surface area contributed by atoms with Gasteiger partial charge in [-0.3, -0.25) is 19.7 Å². The second kappa shape index (κ2) is 12.8. The Morgan fingerprint density at radius 2 is 1.73 bits per heavy atom. The van der Waals surface area contributed by atoms with E-state index in [0.717, 1.165) is 5.56 Å². The Bertz CT molecular complexity index is 1300. The number of aliphatic hydroxyl groups is 3. The fourth-order valence-corrected chi connectivity index (χ4v) is 5.34. The molecule has 0 saturated heterocycles. The molecule has 1 aliphatic rings. The number of nitrogens with two attached hydrogens (primary N) is 1. The number of carbonyl (C=O) groups excluding carboxylic acids is 4. The predicted octanol–water partition coefficient (Wildman–Crippen LogP) is 2.71. The van der Waals surface area contributed by atoms with Crippen LogP contribution in [0.15, 0.2) is 36.4 Å². The number of phenols is 1. The molecule has 2 amide bonds. The molecule has 0 spiro atoms. The number of aromatic hydroxyl groups is 1. The van der Waals surface area contributed by atoms with Gasteiger partial charge in [-0.15, -0.1) is 0 Å². The number of Topliss-reactive ketones (excluding diaryl/α,β-unsaturated/α-hetero) is 2. The number of anilines is 1. The van der Waals surface area contributed by atoms with E-state index in [-0.39, 0.29) is 36.4 Å². The first-order valence-electron chi connectivity index (χ1n) is 13.4. The van der Waals surface area contributed by atoms with E-state index in [2.05, 4.69) is 5.32 Å². The highest BCUT2D eigenvalue weighted by molar-refractivity contribution is 6.03. The summed E-state index contributed by atoms with van der Waals surface area (Å²) in [5, 5.41) is 43.8. The second-order valence-corrected chi connectivity index (χ2v) is 11.5. The summed E-state index contributed by atoms with van der Waals surface area (Å²) < 4.78 is 5.27. The number of phenolic OH excluding ortho intramolecular Hbond substituents is 1. The first-order chi connectivity index (χ1) is 19.2. The molecule has 0 radical (unpaired) electrons. The maximum absolute atomic E-state index is 13.2. The van der Waals surface area contributed by atoms with Gasteiger partial charge in [0.1, 0.15) is 17.0 Å². The Hall–Kier alpha value is -3.80. The first-order valence-corrected chi connectivity index (χ1v) is 13.4. The van der Waals surface area contributed by atoms with Crippen LogP contribution in [0, 0.1) is 11.8 Å². The van der Waals surface area contributed by atoms with Gasteiger partial charge in [0.2, 0.25) is 5.91 Å². The standard InChI is InChI=1S/C30H38N2O9/c1-29(2,3)41-28(39)32-20-6-4-18(5-7-20)21-8-9-23(35)27-22(21)13-17(14-24(27)36)12-19(10-11-33)30(40,16-34)25(37)15-26(31)38/h4-9,17,19,33-35,40H,10-16H2,1-3H3,(H2,31,38)(H,32,39)/t17-,19-,30-/m1/s1. The Morgan fingerprint density at radius 1 is 1.07 bits per heavy atom. The van der Waals surface area contributed by atoms with Crippen LogP contribution in [0.3, 0.4) is 0 Å². The molecular formula is C30H38N2O9. The lowest BCUT2D eigenvalue weighted by Gasteiger charge is -2.36. The number of ether oxygens (including phenoxy) is 1. The molecule has 2 aromatic carbocycles. The molecule has 11 heteroatoms. The van der Waals surface area contributed by atoms with Crippen molar-refractivity contribution in [3.05, 3.63) is 47.5 Å². The number of fused-ring (bicyclic) bond motifs is 1. The zero-order chi connectivity index (χ0) is 30.5. The van der Waals surface area contributed by atoms with Crippen molar-refractivity contribution < 1.29 is 44.3 Å². The van der Waals surface area contributed by atoms with E-state index in [9.17, 15) is 39.6 Å². The smallest absolute Gasteiger partial charge is 0.412 e. The summed E-state index contributed by atoms with van der Waals surface area (Å²) in [6, 6.07) is 10.0. The maximum Gasteiger partial charge on any atom is 0.412 e. The van der Waals surface area contributed by atoms with Crippen LogP contribution in [-0.4, -0.2) is 68.4 Å². The van der Waals surface area contributed by atoms with Gasteiger partial charge in [-0.1, -0.05) is 18.2 Å². The van der Waals surface area contributed by atoms with Crippen molar-refractivity contribution in [1.82, 2.24) is 0 Å². The number of primary amides is 1. The third kappa shape index (κ3) is 7.69. The molecule has 3 atom stereocenters. The third-order valence-corrected chi connectivity index (χ3v) is 7.21. The molecule has 0 heterocycles. The van der Waals surface area contributed by atoms with Gasteiger partial charge in [-0.05, 0) is 86.8 Å². The summed E-state index contributed by atoms with van der Waals surface area (Å²) >= 11 is 0. The average Bonchev–Trinajstić information content (AvgIpc) is 2.87. The fourth-order valence-electron chi connectivity index (χ4n) is 5.34. The van der Waals surface area contributed by atoms with Crippen molar-refractivity contribution in [3.8, 4) is 16.9 Å². The van der Waals surface area contributed by atoms with Crippen LogP contribution in [0.4, 0.5) is 10.5 Å². The zero-order valence-electron chi connectivity index (χ0n) is 23.5. The van der Waals surface area contributed by atoms with Crippen LogP contribution in [0.2, 0.25) is 0 Å². The van der Waals surface area contributed by atoms with Gasteiger partial charge >= 0.3 is 6.09 Å². The highest BCUT2D eigenvalue weighted by Gasteiger charge is 2.45. The predicted molar refractivity (Wildman–Crippen MR) is 150 cm³/mol. The van der Waals surface area contributed by atoms with Gasteiger partial charge in [0, 0.05) is 18.7 Å². The topological polar surface area (TPSA) is 196 Å². The third-order valence-electron chi connectivity index (χ3n) is 7.21. The number of hydrogen-bond acceptors (Lipinski definition) is 9. The minimum absolute atomic E-state index is 0.0101. The highest BCUT2D eigenvalue weighted by Crippen LogP contribution is 2.42. The SMILES string of the molecule is CC(C)(C)OC(=O)Nc1ccc(-c2ccc(O)c3c2C[C@@H](C[C@@H](CCO)[C@](O)(CO)C(=O)CC(N)=O)CC3=O)cc1. The second-order valence-electron chi connectivity index (χ2n) is 11.5. The van der Waals surface area contributed by atoms with Gasteiger partial charge in [-0.25, -0.2) is 4.79 Å². The van der Waals surface area contributed by atoms with E-state index in [1.165, 1.54) is 6.07 Å². The van der Waals surface area contributed by atoms with E-state index in [1.54, 1.807) is 51.1 Å². The Balaban J connectivity index is 1.90. The Kier molecular flexibility index (Phi) is 9.90. The van der Waals surface area contributed by atoms with Crippen LogP contribution < -0.4 is 11.1 Å². The zero-order valence-corrected chi connectivity index (χ0v) is 23.5. The van der Waals surface area contributed by atoms with Crippen molar-refractivity contribution in [2.45, 2.75) is 64.1 Å². The minimum Gasteiger partial charge on any atom is -0.507 e. The van der Waals surface area contributed by atoms with Gasteiger partial charge in [0.15, 0.2) is 11.6 Å². The Labute approximate surface area is 238 Å². The molecule has 1 aliphatic carbocycles. The summed E-state index contributed by atoms with van der Waals surface area (Å²) in [4.78, 5) is 49.3. The molecule has 3 rings (SSSR count). The summed E-state index contributed by atoms with van der Waals surface area (Å²) in [6.07, 6.45) is -1.04. The lowest BCUT2D eigenvalue weighted by molar-refractivity contribution is -0.153. The van der Waals surface area contributed by atoms with Gasteiger partial charge in [0.05, 0.1) is 18.6 Å². The number of rotatable bonds is 11. The summed E-state index contributed by atoms with van der Waals surface area (Å²) in [5.74, 6) is -3.75. The lowest BCUT2D eigenvalue weighted by Crippen LogP contribution is -2.51. The molecule has 0 saturated carbocycles. The maximum atomic E-state index is 13.2. The number of aliphatic hydroxyl groups excluding tert-OH is 2. The minimum atomic E-state index is -2.32. The largest absolute Gasteiger partial charge is 0.507 e. The van der Waals surface area contributed by atoms with Crippen molar-refractivity contribution in [3.63, 3.8) is 0 Å². The number of amides is 2. The van der Waals surface area contributed by atoms with Crippen LogP contribution >= 0.6 is 0 Å². The van der Waals surface area contributed by atoms with E-state index >= 15 is 0 Å². The lowest BCUT2D eigenvalue weighted by atomic mass is 9.71. The van der Waals surface area contributed by atoms with E-state index < -0.39 is 60.5 Å². The monoisotopic (exact) mass is 570 g/mol. The summed E-state index contributed by atoms with van der Waals surface area (Å²) in [5.41, 5.74) is 4.82. The molecule has 7 N–H and O–H groups in total. The van der Waals surface area contributed by atoms with Crippen LogP contribution in [-0.2, 0) is 20.7 Å². The number of carbonyl (C=O) groups is 4. The van der Waals surface area contributed by atoms with E-state index in [4.69, 9.17) is 10.5 Å². The molecule has 0 unspecified atom stereocenters. The first kappa shape index (κ1) is 31.7. The fraction of sp³-hybridized carbons (Fsp3) is 0.467. The number of ketones is 2. The number of hydrogen-bond donors (Lipinski definition) is 6. The molecule has 0 aliphatic heterocycles.